The molecule has 2 N–H and O–H groups in total. The van der Waals surface area contributed by atoms with Crippen LogP contribution in [-0.4, -0.2) is 38.1 Å². The Morgan fingerprint density at radius 1 is 1.35 bits per heavy atom. The van der Waals surface area contributed by atoms with E-state index in [1.54, 1.807) is 12.1 Å². The van der Waals surface area contributed by atoms with Crippen molar-refractivity contribution < 1.29 is 14.8 Å². The molecule has 11 heteroatoms. The zero-order valence-electron chi connectivity index (χ0n) is 16.1. The molecule has 162 valence electrons. The Hall–Kier alpha value is -2.33. The monoisotopic (exact) mass is 480 g/mol. The summed E-state index contributed by atoms with van der Waals surface area (Å²) in [6.45, 7) is 0.434. The fraction of sp³-hybridized carbons (Fsp3) is 0.350. The molecule has 0 saturated heterocycles. The number of aromatic nitrogens is 2. The molecule has 3 unspecified atom stereocenters. The molecule has 3 atom stereocenters. The van der Waals surface area contributed by atoms with Gasteiger partial charge in [-0.1, -0.05) is 29.3 Å². The van der Waals surface area contributed by atoms with Crippen LogP contribution in [0.3, 0.4) is 0 Å². The number of aliphatic carboxylic acids is 1. The molecule has 0 spiro atoms. The minimum atomic E-state index is -1.77. The van der Waals surface area contributed by atoms with Crippen LogP contribution in [0.2, 0.25) is 10.0 Å². The van der Waals surface area contributed by atoms with Crippen LogP contribution in [0.4, 0.5) is 0 Å². The Morgan fingerprint density at radius 2 is 2.16 bits per heavy atom. The summed E-state index contributed by atoms with van der Waals surface area (Å²) < 4.78 is 0. The third-order valence-electron chi connectivity index (χ3n) is 5.79. The summed E-state index contributed by atoms with van der Waals surface area (Å²) >= 11 is 13.3. The van der Waals surface area contributed by atoms with Crippen molar-refractivity contribution in [3.63, 3.8) is 0 Å². The van der Waals surface area contributed by atoms with E-state index in [0.29, 0.717) is 27.8 Å². The van der Waals surface area contributed by atoms with Crippen molar-refractivity contribution >= 4 is 50.7 Å². The molecule has 0 amide bonds. The van der Waals surface area contributed by atoms with Crippen molar-refractivity contribution in [2.24, 2.45) is 0 Å². The predicted molar refractivity (Wildman–Crippen MR) is 118 cm³/mol. The largest absolute Gasteiger partial charge is 0.480 e. The van der Waals surface area contributed by atoms with Gasteiger partial charge in [-0.25, -0.2) is 9.97 Å². The lowest BCUT2D eigenvalue weighted by Crippen LogP contribution is -2.57. The van der Waals surface area contributed by atoms with Gasteiger partial charge in [0.25, 0.3) is 0 Å². The predicted octanol–water partition coefficient (Wildman–Crippen LogP) is 4.31. The Kier molecular flexibility index (Phi) is 6.11. The van der Waals surface area contributed by atoms with Gasteiger partial charge < -0.3 is 10.4 Å². The van der Waals surface area contributed by atoms with Crippen molar-refractivity contribution in [3.8, 4) is 0 Å². The first-order valence-electron chi connectivity index (χ1n) is 9.56. The van der Waals surface area contributed by atoms with E-state index < -0.39 is 22.3 Å². The van der Waals surface area contributed by atoms with Crippen molar-refractivity contribution in [1.82, 2.24) is 15.3 Å². The molecule has 0 bridgehead atoms. The molecule has 1 saturated carbocycles. The van der Waals surface area contributed by atoms with E-state index >= 15 is 0 Å². The van der Waals surface area contributed by atoms with Gasteiger partial charge in [0, 0.05) is 35.5 Å². The highest BCUT2D eigenvalue weighted by Crippen LogP contribution is 2.41. The first-order valence-corrected chi connectivity index (χ1v) is 11.2. The zero-order valence-corrected chi connectivity index (χ0v) is 18.5. The minimum Gasteiger partial charge on any atom is -0.480 e. The summed E-state index contributed by atoms with van der Waals surface area (Å²) in [5, 5.41) is 28.9. The third kappa shape index (κ3) is 4.10. The van der Waals surface area contributed by atoms with Gasteiger partial charge in [0.15, 0.2) is 11.2 Å². The van der Waals surface area contributed by atoms with E-state index in [-0.39, 0.29) is 24.7 Å². The topological polar surface area (TPSA) is 118 Å². The van der Waals surface area contributed by atoms with Crippen LogP contribution in [0.5, 0.6) is 0 Å². The number of carboxylic acids is 1. The number of thiophene rings is 1. The number of nitro groups is 1. The Morgan fingerprint density at radius 3 is 2.87 bits per heavy atom. The minimum absolute atomic E-state index is 0.000386. The fourth-order valence-corrected chi connectivity index (χ4v) is 5.16. The van der Waals surface area contributed by atoms with E-state index in [1.807, 2.05) is 17.5 Å². The molecule has 0 radical (unpaired) electrons. The summed E-state index contributed by atoms with van der Waals surface area (Å²) in [7, 11) is 0. The number of carbonyl (C=O) groups is 1. The molecular formula is C20H18Cl2N4O4S. The number of nitrogens with one attached hydrogen (secondary N) is 1. The van der Waals surface area contributed by atoms with Crippen LogP contribution in [0.15, 0.2) is 35.8 Å². The lowest BCUT2D eigenvalue weighted by molar-refractivity contribution is -0.537. The summed E-state index contributed by atoms with van der Waals surface area (Å²) in [6.07, 6.45) is 2.07. The second-order valence-electron chi connectivity index (χ2n) is 7.55. The van der Waals surface area contributed by atoms with Gasteiger partial charge in [0.05, 0.1) is 10.0 Å². The normalized spacial score (nSPS) is 23.7. The summed E-state index contributed by atoms with van der Waals surface area (Å²) in [4.78, 5) is 33.1. The lowest BCUT2D eigenvalue weighted by atomic mass is 9.68. The molecule has 2 aromatic heterocycles. The van der Waals surface area contributed by atoms with E-state index in [0.717, 1.165) is 10.9 Å². The second-order valence-corrected chi connectivity index (χ2v) is 9.26. The van der Waals surface area contributed by atoms with Crippen molar-refractivity contribution in [2.45, 2.75) is 43.3 Å². The van der Waals surface area contributed by atoms with E-state index in [4.69, 9.17) is 23.2 Å². The van der Waals surface area contributed by atoms with Gasteiger partial charge in [-0.15, -0.1) is 11.3 Å². The van der Waals surface area contributed by atoms with E-state index in [9.17, 15) is 20.0 Å². The average Bonchev–Trinajstić information content (AvgIpc) is 3.22. The highest BCUT2D eigenvalue weighted by molar-refractivity contribution is 7.16. The van der Waals surface area contributed by atoms with E-state index in [1.165, 1.54) is 17.5 Å². The number of rotatable bonds is 6. The molecule has 1 fully saturated rings. The van der Waals surface area contributed by atoms with E-state index in [2.05, 4.69) is 15.3 Å². The van der Waals surface area contributed by atoms with Gasteiger partial charge in [-0.2, -0.15) is 0 Å². The van der Waals surface area contributed by atoms with Gasteiger partial charge in [0.2, 0.25) is 6.04 Å². The summed E-state index contributed by atoms with van der Waals surface area (Å²) in [5.41, 5.74) is -0.891. The highest BCUT2D eigenvalue weighted by Gasteiger charge is 2.59. The summed E-state index contributed by atoms with van der Waals surface area (Å²) in [5.74, 6) is -1.27. The third-order valence-corrected chi connectivity index (χ3v) is 7.35. The van der Waals surface area contributed by atoms with Gasteiger partial charge in [-0.05, 0) is 42.0 Å². The second kappa shape index (κ2) is 8.66. The number of nitrogens with zero attached hydrogens (tertiary/aromatic N) is 3. The number of halogens is 2. The van der Waals surface area contributed by atoms with Crippen LogP contribution in [0, 0.1) is 10.1 Å². The highest BCUT2D eigenvalue weighted by atomic mass is 35.5. The SMILES string of the molecule is O=C(O)C1(c2ncc3ccsc3n2)CCC(NCc2ccc(Cl)c(Cl)c2)CC1[N+](=O)[O-]. The molecule has 2 heterocycles. The maximum atomic E-state index is 12.4. The maximum Gasteiger partial charge on any atom is 0.324 e. The number of hydrogen-bond acceptors (Lipinski definition) is 7. The van der Waals surface area contributed by atoms with Crippen molar-refractivity contribution in [3.05, 3.63) is 67.4 Å². The number of benzene rings is 1. The smallest absolute Gasteiger partial charge is 0.324 e. The van der Waals surface area contributed by atoms with Crippen LogP contribution >= 0.6 is 34.5 Å². The van der Waals surface area contributed by atoms with Crippen LogP contribution in [0.25, 0.3) is 10.2 Å². The van der Waals surface area contributed by atoms with Crippen LogP contribution in [0.1, 0.15) is 30.7 Å². The Labute approximate surface area is 191 Å². The van der Waals surface area contributed by atoms with Gasteiger partial charge in [-0.3, -0.25) is 14.9 Å². The maximum absolute atomic E-state index is 12.4. The van der Waals surface area contributed by atoms with Crippen LogP contribution < -0.4 is 5.32 Å². The first kappa shape index (κ1) is 21.9. The first-order chi connectivity index (χ1) is 14.8. The quantitative estimate of drug-likeness (QED) is 0.398. The molecule has 1 aromatic carbocycles. The number of hydrogen-bond donors (Lipinski definition) is 2. The Balaban J connectivity index is 1.59. The van der Waals surface area contributed by atoms with Gasteiger partial charge in [0.1, 0.15) is 4.83 Å². The Bertz CT molecular complexity index is 1160. The molecule has 0 aliphatic heterocycles. The van der Waals surface area contributed by atoms with Crippen molar-refractivity contribution in [2.75, 3.05) is 0 Å². The lowest BCUT2D eigenvalue weighted by Gasteiger charge is -2.37. The van der Waals surface area contributed by atoms with Crippen LogP contribution in [-0.2, 0) is 16.8 Å². The fourth-order valence-electron chi connectivity index (χ4n) is 4.10. The number of carboxylic acid groups (broad SMARTS) is 1. The summed E-state index contributed by atoms with van der Waals surface area (Å²) in [6, 6.07) is 5.48. The van der Waals surface area contributed by atoms with Crippen molar-refractivity contribution in [1.29, 1.82) is 0 Å². The molecule has 4 rings (SSSR count). The van der Waals surface area contributed by atoms with Gasteiger partial charge >= 0.3 is 5.97 Å². The zero-order chi connectivity index (χ0) is 22.2. The number of fused-ring (bicyclic) bond motifs is 1. The standard InChI is InChI=1S/C20H18Cl2N4O4S/c21-14-2-1-11(7-15(14)22)9-23-13-3-5-20(19(27)28,16(8-13)26(29)30)18-24-10-12-4-6-31-17(12)25-18/h1-2,4,6-7,10,13,16,23H,3,5,8-9H2,(H,27,28). The molecule has 8 nitrogen and oxygen atoms in total. The average molecular weight is 481 g/mol. The molecular weight excluding hydrogens is 463 g/mol. The molecule has 1 aliphatic carbocycles. The molecule has 3 aromatic rings. The molecule has 1 aliphatic rings. The molecule has 31 heavy (non-hydrogen) atoms.